The summed E-state index contributed by atoms with van der Waals surface area (Å²) in [5, 5.41) is 15.7. The number of carbonyl (C=O) groups excluding carboxylic acids is 2. The molecule has 3 aromatic carbocycles. The number of alkyl halides is 3. The molecule has 2 amide bonds. The smallest absolute Gasteiger partial charge is 0.322 e. The molecule has 0 atom stereocenters. The number of carbonyl (C=O) groups is 2. The van der Waals surface area contributed by atoms with Crippen LogP contribution in [0, 0.1) is 10.1 Å². The van der Waals surface area contributed by atoms with Crippen LogP contribution < -0.4 is 10.6 Å². The summed E-state index contributed by atoms with van der Waals surface area (Å²) in [6, 6.07) is 15.0. The molecule has 0 fully saturated rings. The summed E-state index contributed by atoms with van der Waals surface area (Å²) in [5.41, 5.74) is -0.813. The van der Waals surface area contributed by atoms with Crippen LogP contribution in [0.25, 0.3) is 0 Å². The molecule has 3 rings (SSSR count). The Bertz CT molecular complexity index is 1160. The van der Waals surface area contributed by atoms with Crippen LogP contribution in [0.3, 0.4) is 0 Å². The second kappa shape index (κ2) is 8.66. The number of anilines is 2. The van der Waals surface area contributed by atoms with E-state index in [1.807, 2.05) is 0 Å². The Morgan fingerprint density at radius 1 is 0.774 bits per heavy atom. The van der Waals surface area contributed by atoms with Gasteiger partial charge in [-0.1, -0.05) is 18.2 Å². The Hall–Kier alpha value is -4.21. The molecule has 0 spiro atoms. The van der Waals surface area contributed by atoms with Crippen molar-refractivity contribution in [3.8, 4) is 0 Å². The van der Waals surface area contributed by atoms with Crippen molar-refractivity contribution in [2.45, 2.75) is 6.18 Å². The number of nitrogens with one attached hydrogen (secondary N) is 2. The Labute approximate surface area is 173 Å². The number of non-ortho nitro benzene ring substituents is 1. The molecule has 10 heteroatoms. The predicted octanol–water partition coefficient (Wildman–Crippen LogP) is 5.12. The van der Waals surface area contributed by atoms with E-state index < -0.39 is 28.5 Å². The molecule has 31 heavy (non-hydrogen) atoms. The van der Waals surface area contributed by atoms with E-state index >= 15 is 0 Å². The van der Waals surface area contributed by atoms with Gasteiger partial charge in [-0.15, -0.1) is 0 Å². The zero-order chi connectivity index (χ0) is 22.6. The minimum absolute atomic E-state index is 0.0362. The molecule has 158 valence electrons. The van der Waals surface area contributed by atoms with Gasteiger partial charge in [0, 0.05) is 34.6 Å². The highest BCUT2D eigenvalue weighted by Gasteiger charge is 2.30. The number of rotatable bonds is 5. The molecule has 7 nitrogen and oxygen atoms in total. The lowest BCUT2D eigenvalue weighted by Crippen LogP contribution is -2.15. The van der Waals surface area contributed by atoms with E-state index in [1.165, 1.54) is 54.6 Å². The second-order valence-corrected chi connectivity index (χ2v) is 6.38. The molecule has 0 bridgehead atoms. The first kappa shape index (κ1) is 21.5. The first-order valence-electron chi connectivity index (χ1n) is 8.78. The number of hydrogen-bond donors (Lipinski definition) is 2. The summed E-state index contributed by atoms with van der Waals surface area (Å²) in [6.07, 6.45) is -4.54. The van der Waals surface area contributed by atoms with Crippen LogP contribution in [0.4, 0.5) is 30.2 Å². The van der Waals surface area contributed by atoms with Gasteiger partial charge in [-0.2, -0.15) is 13.2 Å². The third-order valence-corrected chi connectivity index (χ3v) is 4.15. The van der Waals surface area contributed by atoms with Crippen molar-refractivity contribution in [3.63, 3.8) is 0 Å². The maximum atomic E-state index is 12.8. The molecule has 0 unspecified atom stereocenters. The van der Waals surface area contributed by atoms with Crippen LogP contribution in [-0.2, 0) is 6.18 Å². The van der Waals surface area contributed by atoms with Crippen molar-refractivity contribution in [3.05, 3.63) is 99.6 Å². The van der Waals surface area contributed by atoms with Crippen LogP contribution in [0.15, 0.2) is 72.8 Å². The van der Waals surface area contributed by atoms with Gasteiger partial charge in [0.25, 0.3) is 17.5 Å². The lowest BCUT2D eigenvalue weighted by molar-refractivity contribution is -0.384. The van der Waals surface area contributed by atoms with Gasteiger partial charge in [0.2, 0.25) is 0 Å². The predicted molar refractivity (Wildman–Crippen MR) is 107 cm³/mol. The number of halogens is 3. The average molecular weight is 429 g/mol. The molecule has 0 aliphatic heterocycles. The van der Waals surface area contributed by atoms with E-state index in [9.17, 15) is 32.9 Å². The third-order valence-electron chi connectivity index (χ3n) is 4.15. The van der Waals surface area contributed by atoms with Crippen LogP contribution in [0.5, 0.6) is 0 Å². The van der Waals surface area contributed by atoms with E-state index in [-0.39, 0.29) is 28.2 Å². The van der Waals surface area contributed by atoms with Crippen LogP contribution in [0.1, 0.15) is 26.3 Å². The van der Waals surface area contributed by atoms with Crippen molar-refractivity contribution in [2.24, 2.45) is 0 Å². The topological polar surface area (TPSA) is 101 Å². The van der Waals surface area contributed by atoms with Gasteiger partial charge in [-0.05, 0) is 42.5 Å². The van der Waals surface area contributed by atoms with Crippen molar-refractivity contribution in [2.75, 3.05) is 10.6 Å². The number of hydrogen-bond acceptors (Lipinski definition) is 4. The lowest BCUT2D eigenvalue weighted by Gasteiger charge is -2.11. The molecule has 2 N–H and O–H groups in total. The molecule has 0 aliphatic rings. The number of amides is 2. The van der Waals surface area contributed by atoms with Crippen molar-refractivity contribution >= 4 is 28.9 Å². The first-order chi connectivity index (χ1) is 14.6. The Morgan fingerprint density at radius 2 is 1.29 bits per heavy atom. The molecule has 0 aromatic heterocycles. The first-order valence-corrected chi connectivity index (χ1v) is 8.78. The number of benzene rings is 3. The Kier molecular flexibility index (Phi) is 6.00. The minimum atomic E-state index is -4.54. The fourth-order valence-electron chi connectivity index (χ4n) is 2.68. The fraction of sp³-hybridized carbons (Fsp3) is 0.0476. The van der Waals surface area contributed by atoms with Gasteiger partial charge >= 0.3 is 6.18 Å². The summed E-state index contributed by atoms with van der Waals surface area (Å²) in [5.74, 6) is -1.30. The van der Waals surface area contributed by atoms with E-state index in [0.717, 1.165) is 18.2 Å². The summed E-state index contributed by atoms with van der Waals surface area (Å²) < 4.78 is 38.5. The third kappa shape index (κ3) is 5.44. The zero-order valence-electron chi connectivity index (χ0n) is 15.6. The molecular weight excluding hydrogens is 415 g/mol. The standard InChI is InChI=1S/C21H14F3N3O4/c22-21(23,24)15-6-3-8-17(12-15)26-19(28)13-4-1-7-16(10-13)25-20(29)14-5-2-9-18(11-14)27(30)31/h1-12H,(H,25,29)(H,26,28). The van der Waals surface area contributed by atoms with Crippen molar-refractivity contribution < 1.29 is 27.7 Å². The summed E-state index contributed by atoms with van der Waals surface area (Å²) in [4.78, 5) is 35.0. The highest BCUT2D eigenvalue weighted by Crippen LogP contribution is 2.30. The van der Waals surface area contributed by atoms with Gasteiger partial charge in [0.1, 0.15) is 0 Å². The minimum Gasteiger partial charge on any atom is -0.322 e. The second-order valence-electron chi connectivity index (χ2n) is 6.38. The fourth-order valence-corrected chi connectivity index (χ4v) is 2.68. The SMILES string of the molecule is O=C(Nc1cccc(C(F)(F)F)c1)c1cccc(NC(=O)c2cccc([N+](=O)[O-])c2)c1. The molecule has 0 saturated carbocycles. The van der Waals surface area contributed by atoms with Crippen LogP contribution in [-0.4, -0.2) is 16.7 Å². The highest BCUT2D eigenvalue weighted by molar-refractivity contribution is 6.07. The van der Waals surface area contributed by atoms with Crippen molar-refractivity contribution in [1.82, 2.24) is 0 Å². The largest absolute Gasteiger partial charge is 0.416 e. The van der Waals surface area contributed by atoms with E-state index in [0.29, 0.717) is 0 Å². The summed E-state index contributed by atoms with van der Waals surface area (Å²) in [6.45, 7) is 0. The monoisotopic (exact) mass is 429 g/mol. The molecule has 0 radical (unpaired) electrons. The van der Waals surface area contributed by atoms with Crippen LogP contribution >= 0.6 is 0 Å². The molecule has 0 aliphatic carbocycles. The van der Waals surface area contributed by atoms with Gasteiger partial charge in [-0.3, -0.25) is 19.7 Å². The van der Waals surface area contributed by atoms with Gasteiger partial charge < -0.3 is 10.6 Å². The quantitative estimate of drug-likeness (QED) is 0.434. The van der Waals surface area contributed by atoms with Crippen molar-refractivity contribution in [1.29, 1.82) is 0 Å². The van der Waals surface area contributed by atoms with Gasteiger partial charge in [-0.25, -0.2) is 0 Å². The molecular formula is C21H14F3N3O4. The van der Waals surface area contributed by atoms with Gasteiger partial charge in [0.05, 0.1) is 10.5 Å². The summed E-state index contributed by atoms with van der Waals surface area (Å²) >= 11 is 0. The summed E-state index contributed by atoms with van der Waals surface area (Å²) in [7, 11) is 0. The normalized spacial score (nSPS) is 10.9. The van der Waals surface area contributed by atoms with E-state index in [4.69, 9.17) is 0 Å². The number of nitro benzene ring substituents is 1. The molecule has 3 aromatic rings. The maximum Gasteiger partial charge on any atom is 0.416 e. The average Bonchev–Trinajstić information content (AvgIpc) is 2.73. The van der Waals surface area contributed by atoms with E-state index in [1.54, 1.807) is 0 Å². The van der Waals surface area contributed by atoms with E-state index in [2.05, 4.69) is 10.6 Å². The maximum absolute atomic E-state index is 12.8. The highest BCUT2D eigenvalue weighted by atomic mass is 19.4. The van der Waals surface area contributed by atoms with Gasteiger partial charge in [0.15, 0.2) is 0 Å². The number of nitro groups is 1. The zero-order valence-corrected chi connectivity index (χ0v) is 15.6. The molecule has 0 heterocycles. The van der Waals surface area contributed by atoms with Crippen LogP contribution in [0.2, 0.25) is 0 Å². The Morgan fingerprint density at radius 3 is 1.87 bits per heavy atom. The molecule has 0 saturated heterocycles. The Balaban J connectivity index is 1.74. The lowest BCUT2D eigenvalue weighted by atomic mass is 10.1. The number of nitrogens with zero attached hydrogens (tertiary/aromatic N) is 1.